The number of nitrogens with zero attached hydrogens (tertiary/aromatic N) is 1. The molecule has 4 aromatic carbocycles. The van der Waals surface area contributed by atoms with Crippen molar-refractivity contribution >= 4 is 58.2 Å². The minimum absolute atomic E-state index is 0.135. The topological polar surface area (TPSA) is 58.6 Å². The third kappa shape index (κ3) is 7.90. The summed E-state index contributed by atoms with van der Waals surface area (Å²) >= 11 is 24.6. The molecule has 0 aromatic heterocycles. The standard InChI is InChI=1S/C30H24Cl4N2O3/c31-23-13-10-20(11-14-23)18-36(28(37)19-39-27-9-5-4-8-25(27)33)29(21-6-2-1-3-7-21)30(38)35-17-22-12-15-24(32)16-26(22)34/h1-16,29H,17-19H2,(H,35,38)/t29-/m1/s1. The number of ether oxygens (including phenoxy) is 1. The molecular weight excluding hydrogens is 578 g/mol. The van der Waals surface area contributed by atoms with Gasteiger partial charge in [-0.05, 0) is 53.1 Å². The molecule has 39 heavy (non-hydrogen) atoms. The van der Waals surface area contributed by atoms with Crippen LogP contribution in [0, 0.1) is 0 Å². The average Bonchev–Trinajstić information content (AvgIpc) is 2.93. The zero-order valence-corrected chi connectivity index (χ0v) is 23.6. The highest BCUT2D eigenvalue weighted by Gasteiger charge is 2.32. The van der Waals surface area contributed by atoms with Gasteiger partial charge in [0.2, 0.25) is 5.91 Å². The molecule has 200 valence electrons. The molecule has 0 spiro atoms. The van der Waals surface area contributed by atoms with Crippen molar-refractivity contribution in [1.29, 1.82) is 0 Å². The van der Waals surface area contributed by atoms with E-state index in [-0.39, 0.29) is 25.6 Å². The Kier molecular flexibility index (Phi) is 10.1. The molecule has 2 amide bonds. The van der Waals surface area contributed by atoms with Crippen molar-refractivity contribution in [2.75, 3.05) is 6.61 Å². The SMILES string of the molecule is O=C(NCc1ccc(Cl)cc1Cl)[C@@H](c1ccccc1)N(Cc1ccc(Cl)cc1)C(=O)COc1ccccc1Cl. The molecule has 4 rings (SSSR count). The quantitative estimate of drug-likeness (QED) is 0.202. The molecule has 0 unspecified atom stereocenters. The summed E-state index contributed by atoms with van der Waals surface area (Å²) in [6.45, 7) is -0.0369. The van der Waals surface area contributed by atoms with Crippen LogP contribution in [0.3, 0.4) is 0 Å². The lowest BCUT2D eigenvalue weighted by atomic mass is 10.0. The molecule has 0 saturated carbocycles. The average molecular weight is 602 g/mol. The highest BCUT2D eigenvalue weighted by Crippen LogP contribution is 2.27. The summed E-state index contributed by atoms with van der Waals surface area (Å²) in [6.07, 6.45) is 0. The van der Waals surface area contributed by atoms with Crippen LogP contribution in [0.2, 0.25) is 20.1 Å². The first kappa shape index (κ1) is 28.8. The second-order valence-electron chi connectivity index (χ2n) is 8.63. The van der Waals surface area contributed by atoms with Crippen molar-refractivity contribution in [2.45, 2.75) is 19.1 Å². The van der Waals surface area contributed by atoms with Gasteiger partial charge in [0.1, 0.15) is 11.8 Å². The van der Waals surface area contributed by atoms with Crippen molar-refractivity contribution in [3.8, 4) is 5.75 Å². The third-order valence-electron chi connectivity index (χ3n) is 5.92. The molecule has 0 radical (unpaired) electrons. The second kappa shape index (κ2) is 13.7. The summed E-state index contributed by atoms with van der Waals surface area (Å²) < 4.78 is 5.75. The van der Waals surface area contributed by atoms with Crippen LogP contribution in [-0.4, -0.2) is 23.3 Å². The second-order valence-corrected chi connectivity index (χ2v) is 10.3. The molecule has 5 nitrogen and oxygen atoms in total. The van der Waals surface area contributed by atoms with Gasteiger partial charge in [-0.3, -0.25) is 9.59 Å². The number of hydrogen-bond acceptors (Lipinski definition) is 3. The Labute approximate surface area is 247 Å². The number of amides is 2. The fourth-order valence-corrected chi connectivity index (χ4v) is 4.74. The van der Waals surface area contributed by atoms with Gasteiger partial charge in [-0.1, -0.05) is 107 Å². The van der Waals surface area contributed by atoms with Crippen LogP contribution < -0.4 is 10.1 Å². The number of carbonyl (C=O) groups excluding carboxylic acids is 2. The summed E-state index contributed by atoms with van der Waals surface area (Å²) in [7, 11) is 0. The maximum absolute atomic E-state index is 13.8. The minimum Gasteiger partial charge on any atom is -0.482 e. The molecular formula is C30H24Cl4N2O3. The maximum atomic E-state index is 13.8. The number of rotatable bonds is 10. The minimum atomic E-state index is -0.963. The molecule has 0 aliphatic heterocycles. The molecule has 0 heterocycles. The van der Waals surface area contributed by atoms with E-state index >= 15 is 0 Å². The van der Waals surface area contributed by atoms with Gasteiger partial charge >= 0.3 is 0 Å². The molecule has 9 heteroatoms. The molecule has 0 fully saturated rings. The van der Waals surface area contributed by atoms with Crippen molar-refractivity contribution in [1.82, 2.24) is 10.2 Å². The van der Waals surface area contributed by atoms with E-state index in [0.29, 0.717) is 37.0 Å². The Morgan fingerprint density at radius 2 is 1.44 bits per heavy atom. The highest BCUT2D eigenvalue weighted by atomic mass is 35.5. The van der Waals surface area contributed by atoms with Crippen LogP contribution in [0.15, 0.2) is 97.1 Å². The van der Waals surface area contributed by atoms with Gasteiger partial charge in [-0.15, -0.1) is 0 Å². The highest BCUT2D eigenvalue weighted by molar-refractivity contribution is 6.35. The number of benzene rings is 4. The lowest BCUT2D eigenvalue weighted by Crippen LogP contribution is -2.45. The van der Waals surface area contributed by atoms with E-state index in [9.17, 15) is 9.59 Å². The van der Waals surface area contributed by atoms with E-state index in [0.717, 1.165) is 5.56 Å². The molecule has 0 bridgehead atoms. The predicted octanol–water partition coefficient (Wildman–Crippen LogP) is 7.77. The lowest BCUT2D eigenvalue weighted by molar-refractivity contribution is -0.143. The predicted molar refractivity (Wildman–Crippen MR) is 156 cm³/mol. The van der Waals surface area contributed by atoms with Gasteiger partial charge in [-0.2, -0.15) is 0 Å². The van der Waals surface area contributed by atoms with Gasteiger partial charge in [0, 0.05) is 28.2 Å². The molecule has 1 atom stereocenters. The van der Waals surface area contributed by atoms with Crippen molar-refractivity contribution < 1.29 is 14.3 Å². The number of carbonyl (C=O) groups is 2. The normalized spacial score (nSPS) is 11.5. The largest absolute Gasteiger partial charge is 0.482 e. The number of halogens is 4. The van der Waals surface area contributed by atoms with Crippen LogP contribution in [0.4, 0.5) is 0 Å². The zero-order chi connectivity index (χ0) is 27.8. The molecule has 4 aromatic rings. The number of para-hydroxylation sites is 1. The van der Waals surface area contributed by atoms with Gasteiger partial charge in [-0.25, -0.2) is 0 Å². The number of hydrogen-bond donors (Lipinski definition) is 1. The van der Waals surface area contributed by atoms with Gasteiger partial charge in [0.25, 0.3) is 5.91 Å². The first-order valence-electron chi connectivity index (χ1n) is 12.0. The van der Waals surface area contributed by atoms with Gasteiger partial charge < -0.3 is 15.0 Å². The fourth-order valence-electron chi connectivity index (χ4n) is 3.95. The summed E-state index contributed by atoms with van der Waals surface area (Å²) in [6, 6.07) is 27.2. The van der Waals surface area contributed by atoms with Crippen LogP contribution in [0.25, 0.3) is 0 Å². The lowest BCUT2D eigenvalue weighted by Gasteiger charge is -2.31. The Morgan fingerprint density at radius 1 is 0.769 bits per heavy atom. The smallest absolute Gasteiger partial charge is 0.261 e. The Balaban J connectivity index is 1.64. The molecule has 0 aliphatic carbocycles. The summed E-state index contributed by atoms with van der Waals surface area (Å²) in [5.74, 6) is -0.414. The summed E-state index contributed by atoms with van der Waals surface area (Å²) in [5, 5.41) is 4.80. The van der Waals surface area contributed by atoms with Crippen molar-refractivity contribution in [2.24, 2.45) is 0 Å². The first-order valence-corrected chi connectivity index (χ1v) is 13.5. The van der Waals surface area contributed by atoms with E-state index < -0.39 is 11.9 Å². The van der Waals surface area contributed by atoms with E-state index in [2.05, 4.69) is 5.32 Å². The molecule has 0 aliphatic rings. The Hall–Kier alpha value is -3.22. The van der Waals surface area contributed by atoms with Crippen LogP contribution in [0.5, 0.6) is 5.75 Å². The van der Waals surface area contributed by atoms with Crippen LogP contribution in [-0.2, 0) is 22.7 Å². The van der Waals surface area contributed by atoms with E-state index in [1.807, 2.05) is 30.3 Å². The van der Waals surface area contributed by atoms with E-state index in [1.165, 1.54) is 4.90 Å². The fraction of sp³-hybridized carbons (Fsp3) is 0.133. The zero-order valence-electron chi connectivity index (χ0n) is 20.6. The van der Waals surface area contributed by atoms with Crippen molar-refractivity contribution in [3.05, 3.63) is 134 Å². The molecule has 1 N–H and O–H groups in total. The van der Waals surface area contributed by atoms with E-state index in [1.54, 1.807) is 66.7 Å². The van der Waals surface area contributed by atoms with Crippen LogP contribution in [0.1, 0.15) is 22.7 Å². The molecule has 0 saturated heterocycles. The summed E-state index contributed by atoms with van der Waals surface area (Å²) in [4.78, 5) is 28.9. The third-order valence-corrected chi connectivity index (χ3v) is 7.07. The number of nitrogens with one attached hydrogen (secondary N) is 1. The van der Waals surface area contributed by atoms with Crippen molar-refractivity contribution in [3.63, 3.8) is 0 Å². The Bertz CT molecular complexity index is 1430. The van der Waals surface area contributed by atoms with Gasteiger partial charge in [0.05, 0.1) is 5.02 Å². The van der Waals surface area contributed by atoms with E-state index in [4.69, 9.17) is 51.1 Å². The maximum Gasteiger partial charge on any atom is 0.261 e. The Morgan fingerprint density at radius 3 is 2.13 bits per heavy atom. The van der Waals surface area contributed by atoms with Gasteiger partial charge in [0.15, 0.2) is 6.61 Å². The first-order chi connectivity index (χ1) is 18.8. The van der Waals surface area contributed by atoms with Crippen LogP contribution >= 0.6 is 46.4 Å². The summed E-state index contributed by atoms with van der Waals surface area (Å²) in [5.41, 5.74) is 2.12. The monoisotopic (exact) mass is 600 g/mol.